The number of hydrogen-bond donors (Lipinski definition) is 1. The first-order chi connectivity index (χ1) is 15.6. The zero-order valence-corrected chi connectivity index (χ0v) is 19.9. The van der Waals surface area contributed by atoms with Crippen molar-refractivity contribution in [3.63, 3.8) is 0 Å². The van der Waals surface area contributed by atoms with E-state index >= 15 is 0 Å². The minimum absolute atomic E-state index is 0.0146. The fourth-order valence-electron chi connectivity index (χ4n) is 4.45. The first-order valence-electron chi connectivity index (χ1n) is 11.4. The van der Waals surface area contributed by atoms with Gasteiger partial charge in [-0.3, -0.25) is 19.7 Å². The molecular formula is C23H30N4O3S2. The SMILES string of the molecule is O=C(Nc1nc(CC(=O)N2CCN(C(=O)CCC3CCCCC3)CC2)cs1)c1cccs1. The molecule has 1 saturated heterocycles. The van der Waals surface area contributed by atoms with Gasteiger partial charge in [0, 0.05) is 38.0 Å². The van der Waals surface area contributed by atoms with E-state index in [2.05, 4.69) is 10.3 Å². The first-order valence-corrected chi connectivity index (χ1v) is 13.2. The van der Waals surface area contributed by atoms with E-state index in [1.165, 1.54) is 54.8 Å². The Hall–Kier alpha value is -2.26. The van der Waals surface area contributed by atoms with Crippen molar-refractivity contribution in [3.05, 3.63) is 33.5 Å². The zero-order valence-electron chi connectivity index (χ0n) is 18.3. The fraction of sp³-hybridized carbons (Fsp3) is 0.565. The van der Waals surface area contributed by atoms with E-state index in [0.29, 0.717) is 54.2 Å². The second kappa shape index (κ2) is 11.0. The van der Waals surface area contributed by atoms with Crippen LogP contribution in [0, 0.1) is 5.92 Å². The maximum Gasteiger partial charge on any atom is 0.267 e. The van der Waals surface area contributed by atoms with Crippen LogP contribution in [0.5, 0.6) is 0 Å². The standard InChI is InChI=1S/C23H30N4O3S2/c28-20(9-8-17-5-2-1-3-6-17)26-10-12-27(13-11-26)21(29)15-18-16-32-23(24-18)25-22(30)19-7-4-14-31-19/h4,7,14,16-17H,1-3,5-6,8-13,15H2,(H,24,25,30). The minimum atomic E-state index is -0.184. The highest BCUT2D eigenvalue weighted by molar-refractivity contribution is 7.14. The van der Waals surface area contributed by atoms with Gasteiger partial charge in [0.25, 0.3) is 5.91 Å². The number of carbonyl (C=O) groups excluding carboxylic acids is 3. The molecule has 0 aromatic carbocycles. The normalized spacial score (nSPS) is 17.4. The molecule has 2 aliphatic rings. The zero-order chi connectivity index (χ0) is 22.3. The van der Waals surface area contributed by atoms with Crippen molar-refractivity contribution >= 4 is 45.5 Å². The number of carbonyl (C=O) groups is 3. The lowest BCUT2D eigenvalue weighted by Crippen LogP contribution is -2.51. The van der Waals surface area contributed by atoms with Gasteiger partial charge < -0.3 is 9.80 Å². The monoisotopic (exact) mass is 474 g/mol. The number of anilines is 1. The summed E-state index contributed by atoms with van der Waals surface area (Å²) >= 11 is 2.70. The van der Waals surface area contributed by atoms with Gasteiger partial charge in [-0.1, -0.05) is 38.2 Å². The molecule has 1 aliphatic heterocycles. The number of amides is 3. The molecule has 0 radical (unpaired) electrons. The van der Waals surface area contributed by atoms with Crippen LogP contribution in [0.4, 0.5) is 5.13 Å². The number of nitrogens with one attached hydrogen (secondary N) is 1. The number of hydrogen-bond acceptors (Lipinski definition) is 6. The summed E-state index contributed by atoms with van der Waals surface area (Å²) in [5, 5.41) is 6.95. The van der Waals surface area contributed by atoms with Crippen LogP contribution in [0.15, 0.2) is 22.9 Å². The third-order valence-corrected chi connectivity index (χ3v) is 8.00. The van der Waals surface area contributed by atoms with Crippen molar-refractivity contribution in [2.75, 3.05) is 31.5 Å². The topological polar surface area (TPSA) is 82.6 Å². The molecule has 1 aliphatic carbocycles. The van der Waals surface area contributed by atoms with Crippen molar-refractivity contribution in [2.45, 2.75) is 51.4 Å². The number of nitrogens with zero attached hydrogens (tertiary/aromatic N) is 3. The van der Waals surface area contributed by atoms with E-state index in [1.807, 2.05) is 26.6 Å². The highest BCUT2D eigenvalue weighted by Gasteiger charge is 2.25. The van der Waals surface area contributed by atoms with Crippen LogP contribution in [0.1, 0.15) is 60.3 Å². The summed E-state index contributed by atoms with van der Waals surface area (Å²) in [4.78, 5) is 46.1. The van der Waals surface area contributed by atoms with Gasteiger partial charge in [0.2, 0.25) is 11.8 Å². The van der Waals surface area contributed by atoms with E-state index in [-0.39, 0.29) is 24.1 Å². The second-order valence-corrected chi connectivity index (χ2v) is 10.4. The molecule has 1 N–H and O–H groups in total. The molecule has 0 unspecified atom stereocenters. The van der Waals surface area contributed by atoms with Crippen LogP contribution in [0.2, 0.25) is 0 Å². The van der Waals surface area contributed by atoms with Crippen LogP contribution in [0.3, 0.4) is 0 Å². The van der Waals surface area contributed by atoms with Gasteiger partial charge in [0.1, 0.15) is 0 Å². The molecule has 1 saturated carbocycles. The number of aromatic nitrogens is 1. The van der Waals surface area contributed by atoms with Gasteiger partial charge in [0.15, 0.2) is 5.13 Å². The van der Waals surface area contributed by atoms with E-state index in [1.54, 1.807) is 6.07 Å². The second-order valence-electron chi connectivity index (χ2n) is 8.56. The van der Waals surface area contributed by atoms with Crippen LogP contribution < -0.4 is 5.32 Å². The Balaban J connectivity index is 1.19. The molecule has 3 heterocycles. The molecular weight excluding hydrogens is 444 g/mol. The quantitative estimate of drug-likeness (QED) is 0.657. The summed E-state index contributed by atoms with van der Waals surface area (Å²) in [7, 11) is 0. The van der Waals surface area contributed by atoms with Gasteiger partial charge in [0.05, 0.1) is 17.0 Å². The van der Waals surface area contributed by atoms with Crippen molar-refractivity contribution in [1.29, 1.82) is 0 Å². The first kappa shape index (κ1) is 22.9. The number of piperazine rings is 1. The minimum Gasteiger partial charge on any atom is -0.339 e. The fourth-order valence-corrected chi connectivity index (χ4v) is 5.77. The highest BCUT2D eigenvalue weighted by atomic mass is 32.1. The lowest BCUT2D eigenvalue weighted by atomic mass is 9.86. The lowest BCUT2D eigenvalue weighted by Gasteiger charge is -2.35. The third-order valence-electron chi connectivity index (χ3n) is 6.33. The van der Waals surface area contributed by atoms with Crippen molar-refractivity contribution in [1.82, 2.24) is 14.8 Å². The number of rotatable bonds is 7. The Morgan fingerprint density at radius 2 is 1.72 bits per heavy atom. The van der Waals surface area contributed by atoms with Gasteiger partial charge in [-0.05, 0) is 23.8 Å². The Bertz CT molecular complexity index is 914. The van der Waals surface area contributed by atoms with Gasteiger partial charge in [-0.15, -0.1) is 22.7 Å². The Morgan fingerprint density at radius 1 is 1.00 bits per heavy atom. The molecule has 32 heavy (non-hydrogen) atoms. The Morgan fingerprint density at radius 3 is 2.41 bits per heavy atom. The highest BCUT2D eigenvalue weighted by Crippen LogP contribution is 2.27. The van der Waals surface area contributed by atoms with Crippen molar-refractivity contribution in [3.8, 4) is 0 Å². The predicted molar refractivity (Wildman–Crippen MR) is 127 cm³/mol. The van der Waals surface area contributed by atoms with Crippen LogP contribution in [-0.2, 0) is 16.0 Å². The maximum atomic E-state index is 12.7. The summed E-state index contributed by atoms with van der Waals surface area (Å²) in [6.45, 7) is 2.35. The molecule has 0 bridgehead atoms. The van der Waals surface area contributed by atoms with Crippen LogP contribution in [0.25, 0.3) is 0 Å². The molecule has 2 aromatic heterocycles. The van der Waals surface area contributed by atoms with E-state index < -0.39 is 0 Å². The average Bonchev–Trinajstić information content (AvgIpc) is 3.51. The smallest absolute Gasteiger partial charge is 0.267 e. The predicted octanol–water partition coefficient (Wildman–Crippen LogP) is 4.03. The largest absolute Gasteiger partial charge is 0.339 e. The van der Waals surface area contributed by atoms with Crippen LogP contribution in [-0.4, -0.2) is 58.7 Å². The molecule has 172 valence electrons. The molecule has 3 amide bonds. The summed E-state index contributed by atoms with van der Waals surface area (Å²) in [6, 6.07) is 3.59. The Kier molecular flexibility index (Phi) is 7.91. The van der Waals surface area contributed by atoms with E-state index in [9.17, 15) is 14.4 Å². The van der Waals surface area contributed by atoms with E-state index in [4.69, 9.17) is 0 Å². The summed E-state index contributed by atoms with van der Waals surface area (Å²) in [6.07, 6.45) is 8.34. The Labute approximate surface area is 196 Å². The lowest BCUT2D eigenvalue weighted by molar-refractivity contribution is -0.139. The van der Waals surface area contributed by atoms with Gasteiger partial charge >= 0.3 is 0 Å². The molecule has 0 spiro atoms. The summed E-state index contributed by atoms with van der Waals surface area (Å²) in [5.74, 6) is 0.777. The molecule has 2 fully saturated rings. The molecule has 2 aromatic rings. The summed E-state index contributed by atoms with van der Waals surface area (Å²) in [5.41, 5.74) is 0.660. The number of thiazole rings is 1. The summed E-state index contributed by atoms with van der Waals surface area (Å²) < 4.78 is 0. The van der Waals surface area contributed by atoms with Crippen LogP contribution >= 0.6 is 22.7 Å². The van der Waals surface area contributed by atoms with Gasteiger partial charge in [-0.25, -0.2) is 4.98 Å². The average molecular weight is 475 g/mol. The molecule has 4 rings (SSSR count). The maximum absolute atomic E-state index is 12.7. The van der Waals surface area contributed by atoms with Crippen molar-refractivity contribution < 1.29 is 14.4 Å². The molecule has 9 heteroatoms. The van der Waals surface area contributed by atoms with Crippen molar-refractivity contribution in [2.24, 2.45) is 5.92 Å². The molecule has 7 nitrogen and oxygen atoms in total. The van der Waals surface area contributed by atoms with Gasteiger partial charge in [-0.2, -0.15) is 0 Å². The number of thiophene rings is 1. The molecule has 0 atom stereocenters. The third kappa shape index (κ3) is 6.16. The van der Waals surface area contributed by atoms with E-state index in [0.717, 1.165) is 6.42 Å².